The van der Waals surface area contributed by atoms with Gasteiger partial charge in [-0.1, -0.05) is 41.9 Å². The van der Waals surface area contributed by atoms with Crippen molar-refractivity contribution in [2.24, 2.45) is 0 Å². The number of halogens is 1. The van der Waals surface area contributed by atoms with Crippen LogP contribution in [-0.2, 0) is 11.2 Å². The Morgan fingerprint density at radius 2 is 2.00 bits per heavy atom. The number of anilines is 1. The molecule has 1 amide bonds. The molecule has 19 heavy (non-hydrogen) atoms. The van der Waals surface area contributed by atoms with Gasteiger partial charge in [-0.2, -0.15) is 0 Å². The molecule has 0 radical (unpaired) electrons. The van der Waals surface area contributed by atoms with Gasteiger partial charge in [-0.05, 0) is 24.5 Å². The van der Waals surface area contributed by atoms with Crippen LogP contribution in [0, 0.1) is 0 Å². The smallest absolute Gasteiger partial charge is 0.230 e. The third-order valence-corrected chi connectivity index (χ3v) is 2.80. The molecular weight excluding hydrogens is 262 g/mol. The Bertz CT molecular complexity index is 545. The van der Waals surface area contributed by atoms with Gasteiger partial charge < -0.3 is 0 Å². The number of aryl methyl sites for hydroxylation is 1. The summed E-state index contributed by atoms with van der Waals surface area (Å²) in [6.45, 7) is 0. The number of rotatable bonds is 5. The molecule has 0 saturated heterocycles. The van der Waals surface area contributed by atoms with E-state index in [1.54, 1.807) is 6.07 Å². The summed E-state index contributed by atoms with van der Waals surface area (Å²) in [5, 5.41) is 2.94. The molecule has 0 bridgehead atoms. The summed E-state index contributed by atoms with van der Waals surface area (Å²) in [4.78, 5) is 19.5. The molecule has 0 aliphatic carbocycles. The molecule has 0 aliphatic rings. The SMILES string of the molecule is O=C(CCCc1ccccc1)Nc1nccc(Cl)n1. The van der Waals surface area contributed by atoms with E-state index in [-0.39, 0.29) is 11.9 Å². The first kappa shape index (κ1) is 13.5. The molecular formula is C14H14ClN3O. The minimum atomic E-state index is -0.0989. The lowest BCUT2D eigenvalue weighted by Crippen LogP contribution is -2.13. The summed E-state index contributed by atoms with van der Waals surface area (Å²) < 4.78 is 0. The Kier molecular flexibility index (Phi) is 4.86. The van der Waals surface area contributed by atoms with E-state index >= 15 is 0 Å². The Labute approximate surface area is 116 Å². The zero-order chi connectivity index (χ0) is 13.5. The molecule has 0 fully saturated rings. The first-order chi connectivity index (χ1) is 9.24. The van der Waals surface area contributed by atoms with Gasteiger partial charge in [0.1, 0.15) is 5.15 Å². The highest BCUT2D eigenvalue weighted by molar-refractivity contribution is 6.29. The molecule has 2 aromatic rings. The Morgan fingerprint density at radius 3 is 2.74 bits per heavy atom. The number of carbonyl (C=O) groups is 1. The first-order valence-electron chi connectivity index (χ1n) is 6.06. The lowest BCUT2D eigenvalue weighted by molar-refractivity contribution is -0.116. The van der Waals surface area contributed by atoms with Crippen LogP contribution < -0.4 is 5.32 Å². The number of aromatic nitrogens is 2. The Hall–Kier alpha value is -1.94. The first-order valence-corrected chi connectivity index (χ1v) is 6.44. The van der Waals surface area contributed by atoms with Crippen molar-refractivity contribution in [1.29, 1.82) is 0 Å². The number of nitrogens with zero attached hydrogens (tertiary/aromatic N) is 2. The second kappa shape index (κ2) is 6.85. The number of carbonyl (C=O) groups excluding carboxylic acids is 1. The minimum Gasteiger partial charge on any atom is -0.294 e. The predicted molar refractivity (Wildman–Crippen MR) is 75.1 cm³/mol. The zero-order valence-corrected chi connectivity index (χ0v) is 11.1. The number of benzene rings is 1. The molecule has 1 aromatic carbocycles. The maximum atomic E-state index is 11.7. The van der Waals surface area contributed by atoms with Gasteiger partial charge in [0.2, 0.25) is 11.9 Å². The van der Waals surface area contributed by atoms with E-state index in [1.165, 1.54) is 11.8 Å². The molecule has 5 heteroatoms. The van der Waals surface area contributed by atoms with Crippen LogP contribution in [0.25, 0.3) is 0 Å². The van der Waals surface area contributed by atoms with Gasteiger partial charge in [-0.3, -0.25) is 10.1 Å². The van der Waals surface area contributed by atoms with Crippen LogP contribution in [0.4, 0.5) is 5.95 Å². The number of amides is 1. The third kappa shape index (κ3) is 4.67. The maximum Gasteiger partial charge on any atom is 0.230 e. The van der Waals surface area contributed by atoms with Crippen LogP contribution in [0.3, 0.4) is 0 Å². The molecule has 2 rings (SSSR count). The van der Waals surface area contributed by atoms with E-state index in [9.17, 15) is 4.79 Å². The van der Waals surface area contributed by atoms with Crippen molar-refractivity contribution in [3.05, 3.63) is 53.3 Å². The molecule has 0 saturated carbocycles. The maximum absolute atomic E-state index is 11.7. The van der Waals surface area contributed by atoms with Crippen LogP contribution in [-0.4, -0.2) is 15.9 Å². The summed E-state index contributed by atoms with van der Waals surface area (Å²) in [5.74, 6) is 0.149. The minimum absolute atomic E-state index is 0.0989. The van der Waals surface area contributed by atoms with Crippen LogP contribution in [0.15, 0.2) is 42.6 Å². The highest BCUT2D eigenvalue weighted by Crippen LogP contribution is 2.08. The fourth-order valence-corrected chi connectivity index (χ4v) is 1.82. The van der Waals surface area contributed by atoms with Crippen molar-refractivity contribution >= 4 is 23.5 Å². The highest BCUT2D eigenvalue weighted by atomic mass is 35.5. The van der Waals surface area contributed by atoms with Gasteiger partial charge in [0.05, 0.1) is 0 Å². The molecule has 98 valence electrons. The van der Waals surface area contributed by atoms with Gasteiger partial charge in [-0.25, -0.2) is 9.97 Å². The van der Waals surface area contributed by atoms with E-state index in [0.717, 1.165) is 12.8 Å². The molecule has 0 unspecified atom stereocenters. The molecule has 1 N–H and O–H groups in total. The topological polar surface area (TPSA) is 54.9 Å². The van der Waals surface area contributed by atoms with E-state index < -0.39 is 0 Å². The number of nitrogens with one attached hydrogen (secondary N) is 1. The Balaban J connectivity index is 1.76. The summed E-state index contributed by atoms with van der Waals surface area (Å²) in [6.07, 6.45) is 3.61. The van der Waals surface area contributed by atoms with Crippen LogP contribution >= 0.6 is 11.6 Å². The standard InChI is InChI=1S/C14H14ClN3O/c15-12-9-10-16-14(17-12)18-13(19)8-4-7-11-5-2-1-3-6-11/h1-3,5-6,9-10H,4,7-8H2,(H,16,17,18,19). The van der Waals surface area contributed by atoms with Gasteiger partial charge in [0.15, 0.2) is 0 Å². The van der Waals surface area contributed by atoms with E-state index in [1.807, 2.05) is 18.2 Å². The summed E-state index contributed by atoms with van der Waals surface area (Å²) in [6, 6.07) is 11.6. The second-order valence-electron chi connectivity index (χ2n) is 4.09. The third-order valence-electron chi connectivity index (χ3n) is 2.58. The van der Waals surface area contributed by atoms with Crippen molar-refractivity contribution < 1.29 is 4.79 Å². The predicted octanol–water partition coefficient (Wildman–Crippen LogP) is 3.09. The van der Waals surface area contributed by atoms with Gasteiger partial charge in [0.25, 0.3) is 0 Å². The van der Waals surface area contributed by atoms with Crippen molar-refractivity contribution in [1.82, 2.24) is 9.97 Å². The van der Waals surface area contributed by atoms with Crippen LogP contribution in [0.2, 0.25) is 5.15 Å². The number of hydrogen-bond acceptors (Lipinski definition) is 3. The summed E-state index contributed by atoms with van der Waals surface area (Å²) >= 11 is 5.71. The lowest BCUT2D eigenvalue weighted by atomic mass is 10.1. The van der Waals surface area contributed by atoms with E-state index in [2.05, 4.69) is 27.4 Å². The average Bonchev–Trinajstić information content (AvgIpc) is 2.40. The van der Waals surface area contributed by atoms with Crippen molar-refractivity contribution in [3.63, 3.8) is 0 Å². The van der Waals surface area contributed by atoms with Crippen molar-refractivity contribution in [2.45, 2.75) is 19.3 Å². The molecule has 4 nitrogen and oxygen atoms in total. The summed E-state index contributed by atoms with van der Waals surface area (Å²) in [7, 11) is 0. The summed E-state index contributed by atoms with van der Waals surface area (Å²) in [5.41, 5.74) is 1.23. The molecule has 1 heterocycles. The van der Waals surface area contributed by atoms with Crippen LogP contribution in [0.1, 0.15) is 18.4 Å². The largest absolute Gasteiger partial charge is 0.294 e. The number of hydrogen-bond donors (Lipinski definition) is 1. The monoisotopic (exact) mass is 275 g/mol. The van der Waals surface area contributed by atoms with Crippen molar-refractivity contribution in [3.8, 4) is 0 Å². The van der Waals surface area contributed by atoms with Crippen molar-refractivity contribution in [2.75, 3.05) is 5.32 Å². The molecule has 0 atom stereocenters. The molecule has 0 aliphatic heterocycles. The zero-order valence-electron chi connectivity index (χ0n) is 10.3. The van der Waals surface area contributed by atoms with Gasteiger partial charge in [-0.15, -0.1) is 0 Å². The van der Waals surface area contributed by atoms with Crippen LogP contribution in [0.5, 0.6) is 0 Å². The quantitative estimate of drug-likeness (QED) is 0.853. The Morgan fingerprint density at radius 1 is 1.21 bits per heavy atom. The van der Waals surface area contributed by atoms with Gasteiger partial charge >= 0.3 is 0 Å². The molecule has 1 aromatic heterocycles. The molecule has 0 spiro atoms. The van der Waals surface area contributed by atoms with E-state index in [4.69, 9.17) is 11.6 Å². The lowest BCUT2D eigenvalue weighted by Gasteiger charge is -2.03. The van der Waals surface area contributed by atoms with E-state index in [0.29, 0.717) is 11.6 Å². The normalized spacial score (nSPS) is 10.2. The highest BCUT2D eigenvalue weighted by Gasteiger charge is 2.04. The second-order valence-corrected chi connectivity index (χ2v) is 4.48. The van der Waals surface area contributed by atoms with Gasteiger partial charge in [0, 0.05) is 12.6 Å². The average molecular weight is 276 g/mol. The fourth-order valence-electron chi connectivity index (χ4n) is 1.68. The fraction of sp³-hybridized carbons (Fsp3) is 0.214.